The van der Waals surface area contributed by atoms with Crippen molar-refractivity contribution in [1.29, 1.82) is 0 Å². The molecule has 16 rings (SSSR count). The molecule has 10 aromatic rings. The van der Waals surface area contributed by atoms with Gasteiger partial charge in [-0.15, -0.1) is 0 Å². The molecule has 0 spiro atoms. The van der Waals surface area contributed by atoms with Gasteiger partial charge >= 0.3 is 0 Å². The van der Waals surface area contributed by atoms with Crippen molar-refractivity contribution >= 4 is 79.2 Å². The van der Waals surface area contributed by atoms with Crippen LogP contribution in [-0.2, 0) is 32.5 Å². The molecule has 3 aliphatic carbocycles. The molecule has 0 fully saturated rings. The molecule has 1 atom stereocenters. The Labute approximate surface area is 480 Å². The summed E-state index contributed by atoms with van der Waals surface area (Å²) in [7, 11) is 0. The molecule has 0 saturated carbocycles. The van der Waals surface area contributed by atoms with E-state index in [4.69, 9.17) is 4.42 Å². The molecule has 1 aromatic heterocycles. The lowest BCUT2D eigenvalue weighted by molar-refractivity contribution is 0.332. The number of aryl methyl sites for hydroxylation is 2. The molecule has 0 amide bonds. The first-order valence-corrected chi connectivity index (χ1v) is 30.1. The Bertz CT molecular complexity index is 4450. The van der Waals surface area contributed by atoms with E-state index in [1.54, 1.807) is 0 Å². The number of nitrogens with zero attached hydrogens (tertiary/aromatic N) is 2. The molecular formula is C77H73BN2O. The summed E-state index contributed by atoms with van der Waals surface area (Å²) in [5, 5.41) is 2.41. The van der Waals surface area contributed by atoms with Crippen molar-refractivity contribution in [2.75, 3.05) is 9.80 Å². The lowest BCUT2D eigenvalue weighted by Gasteiger charge is -2.49. The summed E-state index contributed by atoms with van der Waals surface area (Å²) in [6.07, 6.45) is 4.41. The summed E-state index contributed by atoms with van der Waals surface area (Å²) in [5.74, 6) is 0. The van der Waals surface area contributed by atoms with Gasteiger partial charge in [0.25, 0.3) is 6.71 Å². The van der Waals surface area contributed by atoms with Gasteiger partial charge < -0.3 is 14.2 Å². The van der Waals surface area contributed by atoms with Crippen LogP contribution in [0.4, 0.5) is 34.1 Å². The average molecular weight is 1050 g/mol. The summed E-state index contributed by atoms with van der Waals surface area (Å²) >= 11 is 0. The second kappa shape index (κ2) is 15.9. The van der Waals surface area contributed by atoms with Crippen LogP contribution in [0.15, 0.2) is 162 Å². The molecular weight excluding hydrogens is 980 g/mol. The standard InChI is InChI=1S/C77H73BN2O/c1-44-22-17-18-25-48(44)47-37-64-69-65(38-47)80-70-49(46-23-15-14-16-24-46)26-21-29-53(70)77(13)35-34-74(7,8)56-43-67-50(39-59(56)77)68-66(81-67)31-30-60(71(68)80)78(69)61-40-57-58(76(11,12)52-28-20-19-27-51(52)75(57,9)10)42-63(61)79(64)62-41-55-54(36-45(62)2)72(3,4)32-33-73(55,5)6/h14-31,36-43H,32-35H2,1-13H3. The summed E-state index contributed by atoms with van der Waals surface area (Å²) in [6, 6.07) is 62.5. The van der Waals surface area contributed by atoms with Gasteiger partial charge in [0.2, 0.25) is 0 Å². The van der Waals surface area contributed by atoms with Crippen LogP contribution in [0, 0.1) is 13.8 Å². The second-order valence-electron chi connectivity index (χ2n) is 28.7. The summed E-state index contributed by atoms with van der Waals surface area (Å²) in [4.78, 5) is 5.56. The highest BCUT2D eigenvalue weighted by atomic mass is 16.3. The topological polar surface area (TPSA) is 19.6 Å². The largest absolute Gasteiger partial charge is 0.456 e. The molecule has 4 heteroatoms. The normalized spacial score (nSPS) is 20.2. The average Bonchev–Trinajstić information content (AvgIpc) is 2.92. The first-order valence-electron chi connectivity index (χ1n) is 30.1. The van der Waals surface area contributed by atoms with Gasteiger partial charge in [0.05, 0.1) is 16.8 Å². The van der Waals surface area contributed by atoms with Crippen molar-refractivity contribution < 1.29 is 4.42 Å². The molecule has 400 valence electrons. The Balaban J connectivity index is 1.12. The van der Waals surface area contributed by atoms with Crippen molar-refractivity contribution in [2.24, 2.45) is 0 Å². The maximum absolute atomic E-state index is 7.28. The van der Waals surface area contributed by atoms with Crippen molar-refractivity contribution in [3.8, 4) is 22.3 Å². The molecule has 0 radical (unpaired) electrons. The number of fused-ring (bicyclic) bond motifs is 10. The van der Waals surface area contributed by atoms with Gasteiger partial charge in [-0.3, -0.25) is 0 Å². The van der Waals surface area contributed by atoms with Crippen LogP contribution in [0.5, 0.6) is 0 Å². The van der Waals surface area contributed by atoms with E-state index in [-0.39, 0.29) is 39.2 Å². The number of furan rings is 1. The third-order valence-corrected chi connectivity index (χ3v) is 21.9. The van der Waals surface area contributed by atoms with Crippen LogP contribution >= 0.6 is 0 Å². The molecule has 4 heterocycles. The Morgan fingerprint density at radius 1 is 0.383 bits per heavy atom. The van der Waals surface area contributed by atoms with Gasteiger partial charge in [-0.2, -0.15) is 0 Å². The number of hydrogen-bond acceptors (Lipinski definition) is 3. The van der Waals surface area contributed by atoms with Gasteiger partial charge in [-0.25, -0.2) is 0 Å². The van der Waals surface area contributed by atoms with E-state index in [1.807, 2.05) is 0 Å². The Hall–Kier alpha value is -7.56. The van der Waals surface area contributed by atoms with E-state index in [2.05, 4.69) is 258 Å². The van der Waals surface area contributed by atoms with E-state index < -0.39 is 0 Å². The zero-order valence-corrected chi connectivity index (χ0v) is 49.7. The number of para-hydroxylation sites is 1. The van der Waals surface area contributed by atoms with Crippen LogP contribution in [0.1, 0.15) is 163 Å². The zero-order chi connectivity index (χ0) is 55.8. The fourth-order valence-electron chi connectivity index (χ4n) is 17.0. The van der Waals surface area contributed by atoms with E-state index >= 15 is 0 Å². The minimum absolute atomic E-state index is 0.00426. The van der Waals surface area contributed by atoms with Crippen molar-refractivity contribution in [1.82, 2.24) is 0 Å². The van der Waals surface area contributed by atoms with Crippen molar-refractivity contribution in [3.63, 3.8) is 0 Å². The molecule has 9 aromatic carbocycles. The molecule has 3 nitrogen and oxygen atoms in total. The van der Waals surface area contributed by atoms with Crippen molar-refractivity contribution in [2.45, 2.75) is 148 Å². The van der Waals surface area contributed by atoms with Gasteiger partial charge in [0, 0.05) is 49.9 Å². The Morgan fingerprint density at radius 2 is 0.963 bits per heavy atom. The van der Waals surface area contributed by atoms with Crippen LogP contribution < -0.4 is 26.2 Å². The van der Waals surface area contributed by atoms with Crippen LogP contribution in [0.25, 0.3) is 44.2 Å². The molecule has 0 N–H and O–H groups in total. The second-order valence-corrected chi connectivity index (χ2v) is 28.7. The SMILES string of the molecule is Cc1ccccc1-c1cc2c3c(c1)N1c4c(-c5ccccc5)cccc4C4(C)CCC(C)(C)c5cc6oc7ccc(c1c7c6cc54)B3c1cc3c(cc1N2c1cc2c(cc1C)C(C)(C)CCC2(C)C)C(C)(C)c1ccccc1C3(C)C. The van der Waals surface area contributed by atoms with Crippen molar-refractivity contribution in [3.05, 3.63) is 219 Å². The molecule has 81 heavy (non-hydrogen) atoms. The minimum atomic E-state index is -0.317. The highest BCUT2D eigenvalue weighted by Crippen LogP contribution is 2.61. The van der Waals surface area contributed by atoms with E-state index in [0.717, 1.165) is 30.4 Å². The third kappa shape index (κ3) is 6.38. The molecule has 3 aliphatic heterocycles. The van der Waals surface area contributed by atoms with Crippen LogP contribution in [0.3, 0.4) is 0 Å². The first kappa shape index (κ1) is 49.3. The Morgan fingerprint density at radius 3 is 1.67 bits per heavy atom. The van der Waals surface area contributed by atoms with Gasteiger partial charge in [0.15, 0.2) is 0 Å². The third-order valence-electron chi connectivity index (χ3n) is 21.9. The smallest absolute Gasteiger partial charge is 0.252 e. The van der Waals surface area contributed by atoms with Crippen LogP contribution in [0.2, 0.25) is 0 Å². The molecule has 2 bridgehead atoms. The lowest BCUT2D eigenvalue weighted by Crippen LogP contribution is -2.62. The number of benzene rings is 9. The minimum Gasteiger partial charge on any atom is -0.456 e. The Kier molecular flexibility index (Phi) is 9.68. The molecule has 0 saturated heterocycles. The maximum atomic E-state index is 7.28. The quantitative estimate of drug-likeness (QED) is 0.164. The highest BCUT2D eigenvalue weighted by molar-refractivity contribution is 7.00. The molecule has 1 unspecified atom stereocenters. The van der Waals surface area contributed by atoms with Gasteiger partial charge in [-0.05, 0) is 193 Å². The fraction of sp³-hybridized carbons (Fsp3) is 0.299. The van der Waals surface area contributed by atoms with Gasteiger partial charge in [-0.1, -0.05) is 191 Å². The zero-order valence-electron chi connectivity index (χ0n) is 49.7. The predicted molar refractivity (Wildman–Crippen MR) is 343 cm³/mol. The highest BCUT2D eigenvalue weighted by Gasteiger charge is 2.52. The number of anilines is 6. The predicted octanol–water partition coefficient (Wildman–Crippen LogP) is 18.6. The summed E-state index contributed by atoms with van der Waals surface area (Å²) < 4.78 is 7.28. The fourth-order valence-corrected chi connectivity index (χ4v) is 17.0. The summed E-state index contributed by atoms with van der Waals surface area (Å²) in [5.41, 5.74) is 33.0. The first-order chi connectivity index (χ1) is 38.6. The lowest BCUT2D eigenvalue weighted by atomic mass is 9.33. The van der Waals surface area contributed by atoms with E-state index in [1.165, 1.54) is 151 Å². The van der Waals surface area contributed by atoms with E-state index in [0.29, 0.717) is 0 Å². The van der Waals surface area contributed by atoms with Crippen LogP contribution in [-0.4, -0.2) is 6.71 Å². The summed E-state index contributed by atoms with van der Waals surface area (Å²) in [6.45, 7) is 31.8. The molecule has 6 aliphatic rings. The number of rotatable bonds is 3. The van der Waals surface area contributed by atoms with E-state index in [9.17, 15) is 0 Å². The maximum Gasteiger partial charge on any atom is 0.252 e. The van der Waals surface area contributed by atoms with Gasteiger partial charge in [0.1, 0.15) is 11.2 Å². The monoisotopic (exact) mass is 1050 g/mol. The number of hydrogen-bond donors (Lipinski definition) is 0.